The maximum atomic E-state index is 13.5. The summed E-state index contributed by atoms with van der Waals surface area (Å²) < 4.78 is 34.0. The molecule has 0 unspecified atom stereocenters. The third-order valence-corrected chi connectivity index (χ3v) is 6.32. The number of carbonyl (C=O) groups is 1. The van der Waals surface area contributed by atoms with E-state index in [2.05, 4.69) is 27.2 Å². The molecule has 0 aliphatic carbocycles. The second-order valence-corrected chi connectivity index (χ2v) is 9.61. The van der Waals surface area contributed by atoms with Gasteiger partial charge in [0.2, 0.25) is 11.9 Å². The van der Waals surface area contributed by atoms with Crippen LogP contribution in [0.1, 0.15) is 0 Å². The van der Waals surface area contributed by atoms with Gasteiger partial charge in [-0.25, -0.2) is 9.97 Å². The quantitative estimate of drug-likeness (QED) is 0.171. The molecule has 9 nitrogen and oxygen atoms in total. The molecule has 41 heavy (non-hydrogen) atoms. The predicted molar refractivity (Wildman–Crippen MR) is 160 cm³/mol. The summed E-state index contributed by atoms with van der Waals surface area (Å²) in [6, 6.07) is 12.7. The fraction of sp³-hybridized carbons (Fsp3) is 0.233. The van der Waals surface area contributed by atoms with E-state index >= 15 is 0 Å². The van der Waals surface area contributed by atoms with Gasteiger partial charge in [-0.05, 0) is 32.3 Å². The summed E-state index contributed by atoms with van der Waals surface area (Å²) >= 11 is 0. The maximum absolute atomic E-state index is 13.5. The average Bonchev–Trinajstić information content (AvgIpc) is 3.28. The van der Waals surface area contributed by atoms with Crippen LogP contribution in [0.15, 0.2) is 79.7 Å². The van der Waals surface area contributed by atoms with Gasteiger partial charge in [0.15, 0.2) is 5.75 Å². The molecule has 2 aromatic heterocycles. The molecule has 0 saturated heterocycles. The summed E-state index contributed by atoms with van der Waals surface area (Å²) in [4.78, 5) is 25.4. The number of para-hydroxylation sites is 1. The molecule has 2 N–H and O–H groups in total. The van der Waals surface area contributed by atoms with Gasteiger partial charge in [-0.2, -0.15) is 8.78 Å². The Hall–Kier alpha value is -4.77. The highest BCUT2D eigenvalue weighted by atomic mass is 19.3. The van der Waals surface area contributed by atoms with Gasteiger partial charge in [0.25, 0.3) is 0 Å². The van der Waals surface area contributed by atoms with Crippen LogP contribution in [0, 0.1) is 0 Å². The van der Waals surface area contributed by atoms with Crippen molar-refractivity contribution in [3.05, 3.63) is 79.7 Å². The van der Waals surface area contributed by atoms with Gasteiger partial charge in [0.1, 0.15) is 0 Å². The van der Waals surface area contributed by atoms with Crippen LogP contribution in [0.5, 0.6) is 5.75 Å². The van der Waals surface area contributed by atoms with Crippen LogP contribution in [0.4, 0.5) is 31.8 Å². The molecule has 4 aromatic rings. The monoisotopic (exact) mass is 561 g/mol. The number of rotatable bonds is 12. The van der Waals surface area contributed by atoms with E-state index < -0.39 is 12.5 Å². The number of aromatic nitrogens is 3. The highest BCUT2D eigenvalue weighted by molar-refractivity contribution is 6.02. The van der Waals surface area contributed by atoms with E-state index in [9.17, 15) is 13.6 Å². The van der Waals surface area contributed by atoms with E-state index in [0.29, 0.717) is 30.2 Å². The topological polar surface area (TPSA) is 87.5 Å². The van der Waals surface area contributed by atoms with Crippen LogP contribution in [-0.4, -0.2) is 66.2 Å². The first kappa shape index (κ1) is 29.2. The van der Waals surface area contributed by atoms with Crippen molar-refractivity contribution < 1.29 is 18.3 Å². The van der Waals surface area contributed by atoms with Crippen molar-refractivity contribution in [3.8, 4) is 17.0 Å². The van der Waals surface area contributed by atoms with Crippen molar-refractivity contribution >= 4 is 39.8 Å². The fourth-order valence-electron chi connectivity index (χ4n) is 4.31. The molecule has 2 aromatic carbocycles. The van der Waals surface area contributed by atoms with E-state index in [1.807, 2.05) is 73.0 Å². The molecule has 0 atom stereocenters. The summed E-state index contributed by atoms with van der Waals surface area (Å²) in [7, 11) is 7.63. The summed E-state index contributed by atoms with van der Waals surface area (Å²) in [5, 5.41) is 6.86. The lowest BCUT2D eigenvalue weighted by molar-refractivity contribution is -0.111. The lowest BCUT2D eigenvalue weighted by atomic mass is 10.1. The zero-order valence-corrected chi connectivity index (χ0v) is 23.4. The van der Waals surface area contributed by atoms with Gasteiger partial charge in [0, 0.05) is 68.2 Å². The molecular weight excluding hydrogens is 528 g/mol. The first-order valence-electron chi connectivity index (χ1n) is 12.9. The van der Waals surface area contributed by atoms with Gasteiger partial charge >= 0.3 is 6.61 Å². The Morgan fingerprint density at radius 2 is 1.93 bits per heavy atom. The van der Waals surface area contributed by atoms with Crippen molar-refractivity contribution in [2.75, 3.05) is 49.8 Å². The van der Waals surface area contributed by atoms with E-state index in [4.69, 9.17) is 4.74 Å². The normalized spacial score (nSPS) is 11.4. The molecule has 4 rings (SSSR count). The molecule has 11 heteroatoms. The summed E-state index contributed by atoms with van der Waals surface area (Å²) in [5.74, 6) is -0.354. The highest BCUT2D eigenvalue weighted by Gasteiger charge is 2.19. The number of aryl methyl sites for hydroxylation is 1. The molecule has 2 heterocycles. The number of likely N-dealkylation sites (N-methyl/N-ethyl adjacent to an activating group) is 2. The number of halogens is 2. The summed E-state index contributed by atoms with van der Waals surface area (Å²) in [6.07, 6.45) is 7.88. The third-order valence-electron chi connectivity index (χ3n) is 6.32. The number of carbonyl (C=O) groups excluding carboxylic acids is 1. The van der Waals surface area contributed by atoms with Crippen LogP contribution in [-0.2, 0) is 11.8 Å². The second kappa shape index (κ2) is 13.1. The van der Waals surface area contributed by atoms with Gasteiger partial charge in [-0.3, -0.25) is 4.79 Å². The maximum Gasteiger partial charge on any atom is 0.387 e. The van der Waals surface area contributed by atoms with Gasteiger partial charge in [-0.1, -0.05) is 36.9 Å². The van der Waals surface area contributed by atoms with Crippen LogP contribution in [0.2, 0.25) is 0 Å². The molecule has 0 radical (unpaired) electrons. The number of nitrogens with one attached hydrogen (secondary N) is 2. The Morgan fingerprint density at radius 3 is 2.66 bits per heavy atom. The van der Waals surface area contributed by atoms with Crippen molar-refractivity contribution in [1.82, 2.24) is 19.4 Å². The number of alkyl halides is 2. The lowest BCUT2D eigenvalue weighted by Gasteiger charge is -2.26. The van der Waals surface area contributed by atoms with Crippen molar-refractivity contribution in [2.24, 2.45) is 7.05 Å². The number of anilines is 4. The molecule has 0 saturated carbocycles. The van der Waals surface area contributed by atoms with E-state index in [1.54, 1.807) is 12.3 Å². The zero-order valence-electron chi connectivity index (χ0n) is 23.4. The van der Waals surface area contributed by atoms with Crippen molar-refractivity contribution in [1.29, 1.82) is 0 Å². The number of nitrogens with zero attached hydrogens (tertiary/aromatic N) is 5. The van der Waals surface area contributed by atoms with Crippen LogP contribution in [0.3, 0.4) is 0 Å². The predicted octanol–water partition coefficient (Wildman–Crippen LogP) is 5.66. The largest absolute Gasteiger partial charge is 0.433 e. The molecular formula is C30H33F2N7O2. The minimum atomic E-state index is -3.07. The summed E-state index contributed by atoms with van der Waals surface area (Å²) in [6.45, 7) is 1.77. The van der Waals surface area contributed by atoms with Crippen molar-refractivity contribution in [3.63, 3.8) is 0 Å². The number of ether oxygens (including phenoxy) is 1. The molecule has 0 aliphatic rings. The highest BCUT2D eigenvalue weighted by Crippen LogP contribution is 2.39. The van der Waals surface area contributed by atoms with Crippen molar-refractivity contribution in [2.45, 2.75) is 6.61 Å². The van der Waals surface area contributed by atoms with E-state index in [1.165, 1.54) is 30.4 Å². The molecule has 214 valence electrons. The summed E-state index contributed by atoms with van der Waals surface area (Å²) in [5.41, 5.74) is 3.64. The minimum absolute atomic E-state index is 0.120. The zero-order chi connectivity index (χ0) is 29.5. The first-order chi connectivity index (χ1) is 19.7. The Bertz CT molecular complexity index is 1570. The second-order valence-electron chi connectivity index (χ2n) is 9.61. The van der Waals surface area contributed by atoms with Gasteiger partial charge in [-0.15, -0.1) is 0 Å². The SMILES string of the molecule is C=C/C=C/C(=O)Nc1cc(Nc2nccc(-c3cn(C)c4ccccc34)n2)c(OC(F)F)cc1N(C)CCN(C)C. The van der Waals surface area contributed by atoms with Crippen LogP contribution < -0.4 is 20.3 Å². The average molecular weight is 562 g/mol. The number of allylic oxidation sites excluding steroid dienone is 2. The smallest absolute Gasteiger partial charge is 0.387 e. The molecule has 0 fully saturated rings. The van der Waals surface area contributed by atoms with Crippen LogP contribution >= 0.6 is 0 Å². The lowest BCUT2D eigenvalue weighted by Crippen LogP contribution is -2.29. The molecule has 0 spiro atoms. The molecule has 0 bridgehead atoms. The Kier molecular flexibility index (Phi) is 9.30. The fourth-order valence-corrected chi connectivity index (χ4v) is 4.31. The number of benzene rings is 2. The Labute approximate surface area is 237 Å². The third kappa shape index (κ3) is 7.25. The Balaban J connectivity index is 1.75. The van der Waals surface area contributed by atoms with E-state index in [0.717, 1.165) is 16.5 Å². The van der Waals surface area contributed by atoms with Gasteiger partial charge in [0.05, 0.1) is 22.8 Å². The van der Waals surface area contributed by atoms with E-state index in [-0.39, 0.29) is 17.4 Å². The number of amides is 1. The minimum Gasteiger partial charge on any atom is -0.433 e. The van der Waals surface area contributed by atoms with Crippen LogP contribution in [0.25, 0.3) is 22.2 Å². The number of hydrogen-bond donors (Lipinski definition) is 2. The molecule has 1 amide bonds. The molecule has 0 aliphatic heterocycles. The van der Waals surface area contributed by atoms with Gasteiger partial charge < -0.3 is 29.7 Å². The Morgan fingerprint density at radius 1 is 1.15 bits per heavy atom. The first-order valence-corrected chi connectivity index (χ1v) is 12.9. The standard InChI is InChI=1S/C30H33F2N7O2/c1-6-7-12-28(40)34-23-17-24(27(41-29(31)32)18-26(23)38(4)16-15-37(2)3)36-30-33-14-13-22(35-30)21-19-39(5)25-11-9-8-10-20(21)25/h6-14,17-19,29H,1,15-16H2,2-5H3,(H,34,40)(H,33,35,36)/b12-7+. The number of fused-ring (bicyclic) bond motifs is 1. The number of hydrogen-bond acceptors (Lipinski definition) is 7.